The van der Waals surface area contributed by atoms with Gasteiger partial charge in [0.2, 0.25) is 0 Å². The lowest BCUT2D eigenvalue weighted by atomic mass is 10.1. The van der Waals surface area contributed by atoms with Crippen molar-refractivity contribution in [3.63, 3.8) is 0 Å². The molecular weight excluding hydrogens is 300 g/mol. The van der Waals surface area contributed by atoms with Crippen LogP contribution < -0.4 is 10.6 Å². The molecule has 0 bridgehead atoms. The van der Waals surface area contributed by atoms with Crippen molar-refractivity contribution in [2.75, 3.05) is 20.3 Å². The molecule has 1 heterocycles. The molecule has 0 saturated carbocycles. The smallest absolute Gasteiger partial charge is 0.407 e. The maximum atomic E-state index is 11.6. The summed E-state index contributed by atoms with van der Waals surface area (Å²) in [5, 5.41) is 20.0. The quantitative estimate of drug-likeness (QED) is 0.583. The van der Waals surface area contributed by atoms with E-state index < -0.39 is 11.7 Å². The largest absolute Gasteiger partial charge is 0.444 e. The number of H-pyrrole nitrogens is 1. The molecule has 0 aliphatic carbocycles. The van der Waals surface area contributed by atoms with Crippen LogP contribution in [0.25, 0.3) is 0 Å². The number of hydrogen-bond donors (Lipinski definition) is 3. The summed E-state index contributed by atoms with van der Waals surface area (Å²) in [4.78, 5) is 11.6. The van der Waals surface area contributed by atoms with Gasteiger partial charge in [0.15, 0.2) is 5.82 Å². The average Bonchev–Trinajstić information content (AvgIpc) is 2.95. The van der Waals surface area contributed by atoms with Gasteiger partial charge in [-0.05, 0) is 40.5 Å². The number of aromatic nitrogens is 4. The number of tetrazole rings is 1. The summed E-state index contributed by atoms with van der Waals surface area (Å²) in [5.41, 5.74) is -0.482. The van der Waals surface area contributed by atoms with Crippen LogP contribution in [0.15, 0.2) is 0 Å². The highest BCUT2D eigenvalue weighted by atomic mass is 16.6. The molecule has 1 amide bonds. The van der Waals surface area contributed by atoms with E-state index in [4.69, 9.17) is 9.47 Å². The van der Waals surface area contributed by atoms with Crippen LogP contribution in [0.3, 0.4) is 0 Å². The Morgan fingerprint density at radius 3 is 2.70 bits per heavy atom. The molecule has 0 spiro atoms. The van der Waals surface area contributed by atoms with Gasteiger partial charge < -0.3 is 20.1 Å². The van der Waals surface area contributed by atoms with Gasteiger partial charge in [0.25, 0.3) is 0 Å². The highest BCUT2D eigenvalue weighted by Crippen LogP contribution is 2.09. The predicted octanol–water partition coefficient (Wildman–Crippen LogP) is 1.17. The molecule has 132 valence electrons. The fraction of sp³-hybridized carbons (Fsp3) is 0.857. The summed E-state index contributed by atoms with van der Waals surface area (Å²) in [7, 11) is 1.66. The molecule has 2 atom stereocenters. The highest BCUT2D eigenvalue weighted by molar-refractivity contribution is 5.67. The fourth-order valence-corrected chi connectivity index (χ4v) is 2.05. The zero-order chi connectivity index (χ0) is 17.3. The second kappa shape index (κ2) is 9.41. The molecule has 0 aliphatic rings. The van der Waals surface area contributed by atoms with Crippen LogP contribution in [0.5, 0.6) is 0 Å². The number of amides is 1. The first-order chi connectivity index (χ1) is 10.8. The van der Waals surface area contributed by atoms with Crippen molar-refractivity contribution in [2.24, 2.45) is 0 Å². The summed E-state index contributed by atoms with van der Waals surface area (Å²) >= 11 is 0. The van der Waals surface area contributed by atoms with E-state index in [2.05, 4.69) is 31.3 Å². The van der Waals surface area contributed by atoms with E-state index in [0.717, 1.165) is 12.8 Å². The number of hydrogen-bond acceptors (Lipinski definition) is 7. The van der Waals surface area contributed by atoms with Crippen molar-refractivity contribution in [3.8, 4) is 0 Å². The van der Waals surface area contributed by atoms with Crippen LogP contribution in [0.4, 0.5) is 4.79 Å². The monoisotopic (exact) mass is 328 g/mol. The standard InChI is InChI=1S/C14H28N6O3/c1-10(12-17-19-20-18-12)16-11(9-22-5)7-6-8-15-13(21)23-14(2,3)4/h10-11,16H,6-9H2,1-5H3,(H,15,21)(H,17,18,19,20). The Hall–Kier alpha value is -1.74. The van der Waals surface area contributed by atoms with Crippen molar-refractivity contribution in [3.05, 3.63) is 5.82 Å². The summed E-state index contributed by atoms with van der Waals surface area (Å²) in [6.07, 6.45) is 1.25. The lowest BCUT2D eigenvalue weighted by Gasteiger charge is -2.22. The van der Waals surface area contributed by atoms with Crippen LogP contribution >= 0.6 is 0 Å². The van der Waals surface area contributed by atoms with Crippen LogP contribution in [0.2, 0.25) is 0 Å². The SMILES string of the molecule is COCC(CCCNC(=O)OC(C)(C)C)NC(C)c1nn[nH]n1. The number of nitrogens with zero attached hydrogens (tertiary/aromatic N) is 3. The molecule has 1 aromatic rings. The van der Waals surface area contributed by atoms with E-state index in [1.54, 1.807) is 7.11 Å². The average molecular weight is 328 g/mol. The minimum Gasteiger partial charge on any atom is -0.444 e. The molecule has 0 fully saturated rings. The van der Waals surface area contributed by atoms with Crippen LogP contribution in [0.1, 0.15) is 52.4 Å². The topological polar surface area (TPSA) is 114 Å². The molecule has 0 aromatic carbocycles. The second-order valence-electron chi connectivity index (χ2n) is 6.38. The molecule has 0 radical (unpaired) electrons. The van der Waals surface area contributed by atoms with Gasteiger partial charge in [-0.25, -0.2) is 4.79 Å². The van der Waals surface area contributed by atoms with Crippen molar-refractivity contribution in [1.82, 2.24) is 31.3 Å². The van der Waals surface area contributed by atoms with Gasteiger partial charge in [-0.15, -0.1) is 10.2 Å². The summed E-state index contributed by atoms with van der Waals surface area (Å²) < 4.78 is 10.4. The van der Waals surface area contributed by atoms with Crippen LogP contribution in [-0.4, -0.2) is 58.6 Å². The van der Waals surface area contributed by atoms with Crippen LogP contribution in [-0.2, 0) is 9.47 Å². The molecule has 3 N–H and O–H groups in total. The van der Waals surface area contributed by atoms with Gasteiger partial charge in [0, 0.05) is 19.7 Å². The van der Waals surface area contributed by atoms with Gasteiger partial charge in [-0.1, -0.05) is 5.21 Å². The number of carbonyl (C=O) groups excluding carboxylic acids is 1. The Labute approximate surface area is 136 Å². The zero-order valence-electron chi connectivity index (χ0n) is 14.5. The number of alkyl carbamates (subject to hydrolysis) is 1. The van der Waals surface area contributed by atoms with Gasteiger partial charge in [-0.2, -0.15) is 5.21 Å². The minimum absolute atomic E-state index is 0.0345. The Bertz CT molecular complexity index is 446. The number of ether oxygens (including phenoxy) is 2. The van der Waals surface area contributed by atoms with Crippen LogP contribution in [0, 0.1) is 0 Å². The maximum absolute atomic E-state index is 11.6. The molecular formula is C14H28N6O3. The first-order valence-electron chi connectivity index (χ1n) is 7.77. The predicted molar refractivity (Wildman–Crippen MR) is 84.9 cm³/mol. The van der Waals surface area contributed by atoms with Crippen molar-refractivity contribution in [1.29, 1.82) is 0 Å². The number of methoxy groups -OCH3 is 1. The normalized spacial score (nSPS) is 14.3. The Balaban J connectivity index is 2.29. The molecule has 9 heteroatoms. The number of rotatable bonds is 9. The maximum Gasteiger partial charge on any atom is 0.407 e. The molecule has 2 unspecified atom stereocenters. The molecule has 0 aliphatic heterocycles. The van der Waals surface area contributed by atoms with E-state index >= 15 is 0 Å². The zero-order valence-corrected chi connectivity index (χ0v) is 14.5. The first kappa shape index (κ1) is 19.3. The Morgan fingerprint density at radius 1 is 1.39 bits per heavy atom. The van der Waals surface area contributed by atoms with Gasteiger partial charge in [0.1, 0.15) is 5.60 Å². The van der Waals surface area contributed by atoms with Gasteiger partial charge >= 0.3 is 6.09 Å². The summed E-state index contributed by atoms with van der Waals surface area (Å²) in [5.74, 6) is 0.609. The fourth-order valence-electron chi connectivity index (χ4n) is 2.05. The number of carbonyl (C=O) groups is 1. The summed E-state index contributed by atoms with van der Waals surface area (Å²) in [6.45, 7) is 8.59. The van der Waals surface area contributed by atoms with Crippen molar-refractivity contribution in [2.45, 2.75) is 58.2 Å². The Morgan fingerprint density at radius 2 is 2.13 bits per heavy atom. The third kappa shape index (κ3) is 8.46. The molecule has 23 heavy (non-hydrogen) atoms. The molecule has 1 aromatic heterocycles. The van der Waals surface area contributed by atoms with E-state index in [1.807, 2.05) is 27.7 Å². The third-order valence-electron chi connectivity index (χ3n) is 3.00. The lowest BCUT2D eigenvalue weighted by molar-refractivity contribution is 0.0526. The molecule has 0 saturated heterocycles. The minimum atomic E-state index is -0.482. The number of nitrogens with one attached hydrogen (secondary N) is 3. The van der Waals surface area contributed by atoms with E-state index in [-0.39, 0.29) is 12.1 Å². The van der Waals surface area contributed by atoms with Gasteiger partial charge in [0.05, 0.1) is 12.6 Å². The first-order valence-corrected chi connectivity index (χ1v) is 7.77. The summed E-state index contributed by atoms with van der Waals surface area (Å²) in [6, 6.07) is 0.0988. The van der Waals surface area contributed by atoms with Crippen molar-refractivity contribution < 1.29 is 14.3 Å². The molecule has 1 rings (SSSR count). The van der Waals surface area contributed by atoms with E-state index in [0.29, 0.717) is 19.0 Å². The third-order valence-corrected chi connectivity index (χ3v) is 3.00. The van der Waals surface area contributed by atoms with E-state index in [1.165, 1.54) is 0 Å². The van der Waals surface area contributed by atoms with E-state index in [9.17, 15) is 4.79 Å². The Kier molecular flexibility index (Phi) is 7.90. The number of aromatic amines is 1. The molecule has 9 nitrogen and oxygen atoms in total. The van der Waals surface area contributed by atoms with Gasteiger partial charge in [-0.3, -0.25) is 0 Å². The second-order valence-corrected chi connectivity index (χ2v) is 6.38. The lowest BCUT2D eigenvalue weighted by Crippen LogP contribution is -2.37. The van der Waals surface area contributed by atoms with Crippen molar-refractivity contribution >= 4 is 6.09 Å². The highest BCUT2D eigenvalue weighted by Gasteiger charge is 2.17.